The average Bonchev–Trinajstić information content (AvgIpc) is 3.35. The summed E-state index contributed by atoms with van der Waals surface area (Å²) in [5, 5.41) is 20.3. The number of nitro benzene ring substituents is 1. The molecule has 3 aromatic rings. The van der Waals surface area contributed by atoms with Gasteiger partial charge in [-0.2, -0.15) is 0 Å². The van der Waals surface area contributed by atoms with Crippen molar-refractivity contribution in [3.8, 4) is 11.3 Å². The lowest BCUT2D eigenvalue weighted by Crippen LogP contribution is -2.23. The highest BCUT2D eigenvalue weighted by atomic mass is 32.2. The maximum Gasteiger partial charge on any atom is 0.335 e. The third kappa shape index (κ3) is 4.30. The van der Waals surface area contributed by atoms with E-state index in [1.54, 1.807) is 49.5 Å². The Kier molecular flexibility index (Phi) is 5.61. The highest BCUT2D eigenvalue weighted by Crippen LogP contribution is 2.34. The predicted molar refractivity (Wildman–Crippen MR) is 120 cm³/mol. The van der Waals surface area contributed by atoms with Crippen LogP contribution in [0, 0.1) is 10.1 Å². The molecule has 2 heterocycles. The van der Waals surface area contributed by atoms with E-state index in [-0.39, 0.29) is 17.2 Å². The molecule has 0 aliphatic carbocycles. The number of benzene rings is 2. The van der Waals surface area contributed by atoms with E-state index in [0.717, 1.165) is 11.8 Å². The Morgan fingerprint density at radius 2 is 1.94 bits per heavy atom. The summed E-state index contributed by atoms with van der Waals surface area (Å²) in [5.41, 5.74) is 1.18. The molecule has 0 unspecified atom stereocenters. The molecule has 1 aliphatic rings. The van der Waals surface area contributed by atoms with Crippen LogP contribution in [0.2, 0.25) is 0 Å². The number of amidine groups is 1. The number of furan rings is 1. The molecule has 0 bridgehead atoms. The number of aromatic carboxylic acids is 1. The van der Waals surface area contributed by atoms with E-state index in [0.29, 0.717) is 32.8 Å². The van der Waals surface area contributed by atoms with Crippen LogP contribution in [0.3, 0.4) is 0 Å². The maximum absolute atomic E-state index is 12.6. The van der Waals surface area contributed by atoms with Gasteiger partial charge in [0.2, 0.25) is 0 Å². The van der Waals surface area contributed by atoms with Gasteiger partial charge in [0, 0.05) is 30.8 Å². The van der Waals surface area contributed by atoms with Crippen molar-refractivity contribution >= 4 is 46.3 Å². The number of hydrogen-bond donors (Lipinski definition) is 1. The van der Waals surface area contributed by atoms with Crippen LogP contribution in [0.1, 0.15) is 16.1 Å². The highest BCUT2D eigenvalue weighted by Gasteiger charge is 2.30. The third-order valence-corrected chi connectivity index (χ3v) is 5.64. The van der Waals surface area contributed by atoms with Gasteiger partial charge in [-0.05, 0) is 54.2 Å². The number of amides is 1. The quantitative estimate of drug-likeness (QED) is 0.337. The first-order valence-electron chi connectivity index (χ1n) is 9.26. The fraction of sp³-hybridized carbons (Fsp3) is 0.0455. The molecule has 1 aliphatic heterocycles. The fourth-order valence-electron chi connectivity index (χ4n) is 2.93. The predicted octanol–water partition coefficient (Wildman–Crippen LogP) is 4.79. The first-order valence-corrected chi connectivity index (χ1v) is 10.1. The van der Waals surface area contributed by atoms with Crippen LogP contribution in [0.5, 0.6) is 0 Å². The molecule has 1 N–H and O–H groups in total. The van der Waals surface area contributed by atoms with Crippen molar-refractivity contribution in [1.82, 2.24) is 4.90 Å². The number of non-ortho nitro benzene ring substituents is 1. The van der Waals surface area contributed by atoms with Gasteiger partial charge in [-0.1, -0.05) is 6.07 Å². The topological polar surface area (TPSA) is 126 Å². The minimum atomic E-state index is -1.06. The Labute approximate surface area is 185 Å². The molecule has 1 fully saturated rings. The second kappa shape index (κ2) is 8.52. The van der Waals surface area contributed by atoms with Crippen molar-refractivity contribution in [1.29, 1.82) is 0 Å². The molecular formula is C22H15N3O6S. The van der Waals surface area contributed by atoms with Gasteiger partial charge in [-0.3, -0.25) is 19.8 Å². The molecule has 0 spiro atoms. The lowest BCUT2D eigenvalue weighted by Gasteiger charge is -2.07. The summed E-state index contributed by atoms with van der Waals surface area (Å²) in [4.78, 5) is 40.3. The van der Waals surface area contributed by atoms with E-state index in [4.69, 9.17) is 9.52 Å². The second-order valence-electron chi connectivity index (χ2n) is 6.73. The SMILES string of the molecule is CN1C(=O)/C(=C/c2ccc(-c3ccc([N+](=O)[O-])cc3)o2)SC1=Nc1cccc(C(=O)O)c1. The third-order valence-electron chi connectivity index (χ3n) is 4.58. The number of carboxylic acid groups (broad SMARTS) is 1. The monoisotopic (exact) mass is 449 g/mol. The maximum atomic E-state index is 12.6. The second-order valence-corrected chi connectivity index (χ2v) is 7.74. The van der Waals surface area contributed by atoms with Gasteiger partial charge in [0.15, 0.2) is 5.17 Å². The summed E-state index contributed by atoms with van der Waals surface area (Å²) in [5.74, 6) is -0.374. The zero-order valence-electron chi connectivity index (χ0n) is 16.6. The van der Waals surface area contributed by atoms with E-state index in [1.165, 1.54) is 29.2 Å². The molecule has 32 heavy (non-hydrogen) atoms. The van der Waals surface area contributed by atoms with E-state index < -0.39 is 10.9 Å². The molecule has 0 atom stereocenters. The number of nitro groups is 1. The fourth-order valence-corrected chi connectivity index (χ4v) is 3.90. The minimum absolute atomic E-state index is 0.0145. The van der Waals surface area contributed by atoms with E-state index >= 15 is 0 Å². The standard InChI is InChI=1S/C22H15N3O6S/c1-24-20(26)19(32-22(24)23-15-4-2-3-14(11-15)21(27)28)12-17-9-10-18(31-17)13-5-7-16(8-6-13)25(29)30/h2-12H,1H3,(H,27,28)/b19-12-,23-22?. The van der Waals surface area contributed by atoms with E-state index in [2.05, 4.69) is 4.99 Å². The Balaban J connectivity index is 1.56. The number of carbonyl (C=O) groups excluding carboxylic acids is 1. The van der Waals surface area contributed by atoms with Gasteiger partial charge >= 0.3 is 5.97 Å². The Morgan fingerprint density at radius 3 is 2.62 bits per heavy atom. The Bertz CT molecular complexity index is 1290. The molecular weight excluding hydrogens is 434 g/mol. The van der Waals surface area contributed by atoms with Crippen molar-refractivity contribution in [3.05, 3.63) is 87.0 Å². The van der Waals surface area contributed by atoms with Crippen molar-refractivity contribution in [2.75, 3.05) is 7.05 Å². The Hall–Kier alpha value is -4.18. The van der Waals surface area contributed by atoms with E-state index in [1.807, 2.05) is 0 Å². The van der Waals surface area contributed by atoms with Crippen LogP contribution < -0.4 is 0 Å². The molecule has 2 aromatic carbocycles. The first kappa shape index (κ1) is 21.1. The molecule has 1 aromatic heterocycles. The number of hydrogen-bond acceptors (Lipinski definition) is 7. The molecule has 9 nitrogen and oxygen atoms in total. The van der Waals surface area contributed by atoms with Crippen LogP contribution >= 0.6 is 11.8 Å². The summed E-state index contributed by atoms with van der Waals surface area (Å²) < 4.78 is 5.78. The Morgan fingerprint density at radius 1 is 1.19 bits per heavy atom. The van der Waals surface area contributed by atoms with Crippen LogP contribution in [-0.2, 0) is 4.79 Å². The number of nitrogens with zero attached hydrogens (tertiary/aromatic N) is 3. The number of rotatable bonds is 5. The number of thioether (sulfide) groups is 1. The largest absolute Gasteiger partial charge is 0.478 e. The van der Waals surface area contributed by atoms with Crippen LogP contribution in [0.4, 0.5) is 11.4 Å². The molecule has 0 saturated carbocycles. The zero-order chi connectivity index (χ0) is 22.8. The first-order chi connectivity index (χ1) is 15.3. The van der Waals surface area contributed by atoms with Crippen molar-refractivity contribution in [2.45, 2.75) is 0 Å². The summed E-state index contributed by atoms with van der Waals surface area (Å²) in [7, 11) is 1.58. The molecule has 1 saturated heterocycles. The van der Waals surface area contributed by atoms with Gasteiger partial charge in [0.25, 0.3) is 11.6 Å². The average molecular weight is 449 g/mol. The molecule has 10 heteroatoms. The van der Waals surface area contributed by atoms with Crippen LogP contribution in [0.25, 0.3) is 17.4 Å². The molecule has 1 amide bonds. The van der Waals surface area contributed by atoms with Crippen LogP contribution in [0.15, 0.2) is 75.0 Å². The van der Waals surface area contributed by atoms with E-state index in [9.17, 15) is 19.7 Å². The summed E-state index contributed by atoms with van der Waals surface area (Å²) >= 11 is 1.15. The number of aliphatic imine (C=N–C) groups is 1. The highest BCUT2D eigenvalue weighted by molar-refractivity contribution is 8.18. The van der Waals surface area contributed by atoms with Gasteiger partial charge < -0.3 is 9.52 Å². The van der Waals surface area contributed by atoms with Gasteiger partial charge in [-0.15, -0.1) is 0 Å². The summed E-state index contributed by atoms with van der Waals surface area (Å²) in [6.45, 7) is 0. The smallest absolute Gasteiger partial charge is 0.335 e. The summed E-state index contributed by atoms with van der Waals surface area (Å²) in [6, 6.07) is 15.5. The van der Waals surface area contributed by atoms with Gasteiger partial charge in [0.05, 0.1) is 21.1 Å². The molecule has 160 valence electrons. The zero-order valence-corrected chi connectivity index (χ0v) is 17.4. The van der Waals surface area contributed by atoms with Crippen molar-refractivity contribution in [3.63, 3.8) is 0 Å². The van der Waals surface area contributed by atoms with Gasteiger partial charge in [-0.25, -0.2) is 9.79 Å². The normalized spacial score (nSPS) is 16.2. The van der Waals surface area contributed by atoms with Crippen molar-refractivity contribution < 1.29 is 24.0 Å². The number of carbonyl (C=O) groups is 2. The van der Waals surface area contributed by atoms with Crippen LogP contribution in [-0.4, -0.2) is 39.0 Å². The summed E-state index contributed by atoms with van der Waals surface area (Å²) in [6.07, 6.45) is 1.59. The van der Waals surface area contributed by atoms with Crippen molar-refractivity contribution in [2.24, 2.45) is 4.99 Å². The van der Waals surface area contributed by atoms with Gasteiger partial charge in [0.1, 0.15) is 11.5 Å². The molecule has 0 radical (unpaired) electrons. The molecule has 4 rings (SSSR count). The number of likely N-dealkylation sites (N-methyl/N-ethyl adjacent to an activating group) is 1. The lowest BCUT2D eigenvalue weighted by atomic mass is 10.1. The number of carboxylic acids is 1. The minimum Gasteiger partial charge on any atom is -0.478 e. The lowest BCUT2D eigenvalue weighted by molar-refractivity contribution is -0.384.